The molecule has 3 heteroatoms. The summed E-state index contributed by atoms with van der Waals surface area (Å²) in [4.78, 5) is 0. The highest BCUT2D eigenvalue weighted by atomic mass is 19.1. The molecule has 3 rings (SSSR count). The average Bonchev–Trinajstić information content (AvgIpc) is 2.50. The Labute approximate surface area is 122 Å². The molecule has 1 atom stereocenters. The summed E-state index contributed by atoms with van der Waals surface area (Å²) >= 11 is 0. The third kappa shape index (κ3) is 2.68. The molecule has 2 nitrogen and oxygen atoms in total. The van der Waals surface area contributed by atoms with E-state index < -0.39 is 5.82 Å². The minimum atomic E-state index is -0.620. The maximum Gasteiger partial charge on any atom is 0.166 e. The second-order valence-electron chi connectivity index (χ2n) is 5.10. The van der Waals surface area contributed by atoms with Crippen molar-refractivity contribution in [1.29, 1.82) is 0 Å². The maximum absolute atomic E-state index is 13.4. The third-order valence-corrected chi connectivity index (χ3v) is 3.62. The fraction of sp³-hybridized carbons (Fsp3) is 0.111. The highest BCUT2D eigenvalue weighted by Crippen LogP contribution is 2.28. The standard InChI is InChI=1S/C18H16FNO/c1-12(20-14-9-10-18(21)17(19)11-14)15-8-4-6-13-5-2-3-7-16(13)15/h2-12,20-21H,1H3. The number of hydrogen-bond donors (Lipinski definition) is 2. The van der Waals surface area contributed by atoms with Crippen molar-refractivity contribution in [3.05, 3.63) is 72.0 Å². The summed E-state index contributed by atoms with van der Waals surface area (Å²) in [6.07, 6.45) is 0. The minimum absolute atomic E-state index is 0.0278. The molecule has 3 aromatic carbocycles. The molecule has 2 N–H and O–H groups in total. The van der Waals surface area contributed by atoms with Crippen molar-refractivity contribution in [2.45, 2.75) is 13.0 Å². The number of halogens is 1. The first kappa shape index (κ1) is 13.4. The lowest BCUT2D eigenvalue weighted by molar-refractivity contribution is 0.432. The highest BCUT2D eigenvalue weighted by Gasteiger charge is 2.10. The Kier molecular flexibility index (Phi) is 3.48. The van der Waals surface area contributed by atoms with Crippen LogP contribution in [0, 0.1) is 5.82 Å². The van der Waals surface area contributed by atoms with Gasteiger partial charge in [0.15, 0.2) is 11.6 Å². The largest absolute Gasteiger partial charge is 0.505 e. The van der Waals surface area contributed by atoms with Gasteiger partial charge < -0.3 is 10.4 Å². The molecule has 0 fully saturated rings. The van der Waals surface area contributed by atoms with Crippen LogP contribution in [0.4, 0.5) is 10.1 Å². The van der Waals surface area contributed by atoms with Gasteiger partial charge in [0.2, 0.25) is 0 Å². The second kappa shape index (κ2) is 5.44. The van der Waals surface area contributed by atoms with Crippen LogP contribution < -0.4 is 5.32 Å². The third-order valence-electron chi connectivity index (χ3n) is 3.62. The summed E-state index contributed by atoms with van der Waals surface area (Å²) in [5, 5.41) is 14.9. The van der Waals surface area contributed by atoms with Gasteiger partial charge in [0, 0.05) is 17.8 Å². The van der Waals surface area contributed by atoms with E-state index in [1.54, 1.807) is 6.07 Å². The van der Waals surface area contributed by atoms with Crippen molar-refractivity contribution in [1.82, 2.24) is 0 Å². The first-order valence-corrected chi connectivity index (χ1v) is 6.88. The fourth-order valence-corrected chi connectivity index (χ4v) is 2.55. The summed E-state index contributed by atoms with van der Waals surface area (Å²) in [5.74, 6) is -0.955. The lowest BCUT2D eigenvalue weighted by atomic mass is 9.99. The molecule has 0 amide bonds. The van der Waals surface area contributed by atoms with E-state index in [9.17, 15) is 9.50 Å². The van der Waals surface area contributed by atoms with Gasteiger partial charge in [0.1, 0.15) is 0 Å². The van der Waals surface area contributed by atoms with Crippen LogP contribution in [0.15, 0.2) is 60.7 Å². The Bertz CT molecular complexity index is 780. The molecule has 0 aromatic heterocycles. The van der Waals surface area contributed by atoms with E-state index in [1.807, 2.05) is 25.1 Å². The Balaban J connectivity index is 1.93. The van der Waals surface area contributed by atoms with Crippen molar-refractivity contribution < 1.29 is 9.50 Å². The van der Waals surface area contributed by atoms with Gasteiger partial charge in [-0.1, -0.05) is 42.5 Å². The van der Waals surface area contributed by atoms with Crippen LogP contribution in [0.1, 0.15) is 18.5 Å². The molecule has 0 aliphatic heterocycles. The lowest BCUT2D eigenvalue weighted by Crippen LogP contribution is -2.07. The molecule has 0 aliphatic rings. The Morgan fingerprint density at radius 3 is 2.57 bits per heavy atom. The molecule has 3 aromatic rings. The van der Waals surface area contributed by atoms with Gasteiger partial charge in [-0.3, -0.25) is 0 Å². The summed E-state index contributed by atoms with van der Waals surface area (Å²) in [6, 6.07) is 18.7. The van der Waals surface area contributed by atoms with Crippen LogP contribution >= 0.6 is 0 Å². The van der Waals surface area contributed by atoms with Crippen LogP contribution in [-0.4, -0.2) is 5.11 Å². The number of nitrogens with one attached hydrogen (secondary N) is 1. The van der Waals surface area contributed by atoms with Crippen LogP contribution in [0.2, 0.25) is 0 Å². The molecule has 0 bridgehead atoms. The quantitative estimate of drug-likeness (QED) is 0.672. The zero-order valence-corrected chi connectivity index (χ0v) is 11.7. The zero-order chi connectivity index (χ0) is 14.8. The maximum atomic E-state index is 13.4. The van der Waals surface area contributed by atoms with Gasteiger partial charge in [0.05, 0.1) is 0 Å². The van der Waals surface area contributed by atoms with E-state index in [0.29, 0.717) is 5.69 Å². The molecule has 0 aliphatic carbocycles. The molecule has 1 unspecified atom stereocenters. The van der Waals surface area contributed by atoms with Gasteiger partial charge in [0.25, 0.3) is 0 Å². The number of rotatable bonds is 3. The Morgan fingerprint density at radius 1 is 1.00 bits per heavy atom. The predicted molar refractivity (Wildman–Crippen MR) is 84.1 cm³/mol. The summed E-state index contributed by atoms with van der Waals surface area (Å²) in [7, 11) is 0. The molecule has 106 valence electrons. The number of aromatic hydroxyl groups is 1. The molecule has 0 heterocycles. The van der Waals surface area contributed by atoms with Crippen molar-refractivity contribution in [2.24, 2.45) is 0 Å². The van der Waals surface area contributed by atoms with Gasteiger partial charge in [-0.05, 0) is 35.4 Å². The van der Waals surface area contributed by atoms with E-state index in [1.165, 1.54) is 22.9 Å². The zero-order valence-electron chi connectivity index (χ0n) is 11.7. The first-order valence-electron chi connectivity index (χ1n) is 6.88. The smallest absolute Gasteiger partial charge is 0.166 e. The number of phenols is 1. The van der Waals surface area contributed by atoms with Crippen molar-refractivity contribution in [3.63, 3.8) is 0 Å². The number of anilines is 1. The topological polar surface area (TPSA) is 32.3 Å². The minimum Gasteiger partial charge on any atom is -0.505 e. The molecule has 0 saturated heterocycles. The SMILES string of the molecule is CC(Nc1ccc(O)c(F)c1)c1cccc2ccccc12. The van der Waals surface area contributed by atoms with Crippen LogP contribution in [0.25, 0.3) is 10.8 Å². The van der Waals surface area contributed by atoms with Gasteiger partial charge in [-0.2, -0.15) is 0 Å². The van der Waals surface area contributed by atoms with Crippen molar-refractivity contribution >= 4 is 16.5 Å². The second-order valence-corrected chi connectivity index (χ2v) is 5.10. The van der Waals surface area contributed by atoms with Gasteiger partial charge >= 0.3 is 0 Å². The van der Waals surface area contributed by atoms with Crippen LogP contribution in [-0.2, 0) is 0 Å². The monoisotopic (exact) mass is 281 g/mol. The summed E-state index contributed by atoms with van der Waals surface area (Å²) in [5.41, 5.74) is 1.80. The molecular weight excluding hydrogens is 265 g/mol. The van der Waals surface area contributed by atoms with E-state index in [-0.39, 0.29) is 11.8 Å². The number of phenolic OH excluding ortho intramolecular Hbond substituents is 1. The molecule has 0 spiro atoms. The number of fused-ring (bicyclic) bond motifs is 1. The molecule has 0 radical (unpaired) electrons. The first-order chi connectivity index (χ1) is 10.1. The highest BCUT2D eigenvalue weighted by molar-refractivity contribution is 5.86. The van der Waals surface area contributed by atoms with Crippen molar-refractivity contribution in [3.8, 4) is 5.75 Å². The fourth-order valence-electron chi connectivity index (χ4n) is 2.55. The number of hydrogen-bond acceptors (Lipinski definition) is 2. The molecular formula is C18H16FNO. The predicted octanol–water partition coefficient (Wildman–Crippen LogP) is 4.86. The lowest BCUT2D eigenvalue weighted by Gasteiger charge is -2.18. The van der Waals surface area contributed by atoms with Crippen LogP contribution in [0.3, 0.4) is 0 Å². The molecule has 0 saturated carbocycles. The average molecular weight is 281 g/mol. The Hall–Kier alpha value is -2.55. The summed E-state index contributed by atoms with van der Waals surface area (Å²) in [6.45, 7) is 2.03. The van der Waals surface area contributed by atoms with E-state index in [4.69, 9.17) is 0 Å². The Morgan fingerprint density at radius 2 is 1.76 bits per heavy atom. The van der Waals surface area contributed by atoms with E-state index in [2.05, 4.69) is 29.6 Å². The van der Waals surface area contributed by atoms with E-state index >= 15 is 0 Å². The van der Waals surface area contributed by atoms with Crippen molar-refractivity contribution in [2.75, 3.05) is 5.32 Å². The normalized spacial score (nSPS) is 12.3. The summed E-state index contributed by atoms with van der Waals surface area (Å²) < 4.78 is 13.4. The van der Waals surface area contributed by atoms with Gasteiger partial charge in [-0.25, -0.2) is 4.39 Å². The molecule has 21 heavy (non-hydrogen) atoms. The van der Waals surface area contributed by atoms with Gasteiger partial charge in [-0.15, -0.1) is 0 Å². The van der Waals surface area contributed by atoms with Crippen LogP contribution in [0.5, 0.6) is 5.75 Å². The number of benzene rings is 3. The van der Waals surface area contributed by atoms with E-state index in [0.717, 1.165) is 5.56 Å².